The molecule has 62 heavy (non-hydrogen) atoms. The minimum Gasteiger partial charge on any atom is -0.462 e. The lowest BCUT2D eigenvalue weighted by molar-refractivity contribution is -0.151. The van der Waals surface area contributed by atoms with E-state index in [-0.39, 0.29) is 24.9 Å². The highest BCUT2D eigenvalue weighted by atomic mass is 16.5. The van der Waals surface area contributed by atoms with Crippen LogP contribution in [0, 0.1) is 0 Å². The quantitative estimate of drug-likeness (QED) is 0.0321. The molecule has 0 aromatic carbocycles. The molecule has 0 aromatic heterocycles. The van der Waals surface area contributed by atoms with Gasteiger partial charge in [-0.1, -0.05) is 256 Å². The van der Waals surface area contributed by atoms with Crippen molar-refractivity contribution in [2.24, 2.45) is 0 Å². The maximum Gasteiger partial charge on any atom is 0.306 e. The molecule has 1 amide bonds. The van der Waals surface area contributed by atoms with E-state index in [0.29, 0.717) is 19.3 Å². The van der Waals surface area contributed by atoms with Gasteiger partial charge in [0, 0.05) is 6.42 Å². The van der Waals surface area contributed by atoms with Crippen molar-refractivity contribution in [2.45, 2.75) is 302 Å². The highest BCUT2D eigenvalue weighted by Gasteiger charge is 2.24. The zero-order valence-corrected chi connectivity index (χ0v) is 41.5. The normalized spacial score (nSPS) is 13.4. The first kappa shape index (κ1) is 60.1. The molecule has 0 aromatic rings. The second kappa shape index (κ2) is 50.1. The molecular weight excluding hydrogens is 767 g/mol. The molecule has 6 nitrogen and oxygen atoms in total. The molecule has 0 saturated carbocycles. The lowest BCUT2D eigenvalue weighted by atomic mass is 10.0. The fourth-order valence-electron chi connectivity index (χ4n) is 8.37. The van der Waals surface area contributed by atoms with Crippen LogP contribution in [0.15, 0.2) is 36.5 Å². The molecule has 0 bridgehead atoms. The van der Waals surface area contributed by atoms with Crippen LogP contribution < -0.4 is 5.32 Å². The Morgan fingerprint density at radius 2 is 0.823 bits per heavy atom. The number of hydrogen-bond acceptors (Lipinski definition) is 5. The van der Waals surface area contributed by atoms with Crippen LogP contribution >= 0.6 is 0 Å². The molecule has 6 heteroatoms. The number of amides is 1. The molecule has 3 atom stereocenters. The van der Waals surface area contributed by atoms with Crippen LogP contribution in [0.5, 0.6) is 0 Å². The van der Waals surface area contributed by atoms with Crippen LogP contribution in [0.25, 0.3) is 0 Å². The summed E-state index contributed by atoms with van der Waals surface area (Å²) < 4.78 is 5.94. The van der Waals surface area contributed by atoms with Crippen LogP contribution in [0.1, 0.15) is 284 Å². The van der Waals surface area contributed by atoms with Gasteiger partial charge in [-0.2, -0.15) is 0 Å². The smallest absolute Gasteiger partial charge is 0.306 e. The van der Waals surface area contributed by atoms with E-state index >= 15 is 0 Å². The topological polar surface area (TPSA) is 95.9 Å². The monoisotopic (exact) mass is 872 g/mol. The number of carbonyl (C=O) groups is 2. The summed E-state index contributed by atoms with van der Waals surface area (Å²) in [6, 6.07) is -0.709. The van der Waals surface area contributed by atoms with Gasteiger partial charge in [0.15, 0.2) is 0 Å². The Hall–Kier alpha value is -1.92. The van der Waals surface area contributed by atoms with Gasteiger partial charge in [0.25, 0.3) is 0 Å². The summed E-state index contributed by atoms with van der Waals surface area (Å²) in [7, 11) is 0. The van der Waals surface area contributed by atoms with Gasteiger partial charge in [-0.3, -0.25) is 9.59 Å². The highest BCUT2D eigenvalue weighted by molar-refractivity contribution is 5.77. The molecular formula is C56H105NO5. The average Bonchev–Trinajstić information content (AvgIpc) is 3.26. The third-order valence-corrected chi connectivity index (χ3v) is 12.5. The van der Waals surface area contributed by atoms with Gasteiger partial charge >= 0.3 is 5.97 Å². The van der Waals surface area contributed by atoms with Gasteiger partial charge in [0.1, 0.15) is 6.10 Å². The maximum absolute atomic E-state index is 13.2. The number of esters is 1. The second-order valence-electron chi connectivity index (χ2n) is 18.7. The Labute approximate surface area is 385 Å². The number of carbonyl (C=O) groups excluding carboxylic acids is 2. The van der Waals surface area contributed by atoms with E-state index < -0.39 is 18.2 Å². The van der Waals surface area contributed by atoms with Gasteiger partial charge in [-0.05, 0) is 51.4 Å². The van der Waals surface area contributed by atoms with Gasteiger partial charge in [-0.25, -0.2) is 0 Å². The second-order valence-corrected chi connectivity index (χ2v) is 18.7. The lowest BCUT2D eigenvalue weighted by Crippen LogP contribution is -2.46. The number of rotatable bonds is 49. The Bertz CT molecular complexity index is 1020. The largest absolute Gasteiger partial charge is 0.462 e. The van der Waals surface area contributed by atoms with Crippen molar-refractivity contribution in [3.8, 4) is 0 Å². The number of nitrogens with one attached hydrogen (secondary N) is 1. The molecule has 0 rings (SSSR count). The minimum atomic E-state index is -0.794. The van der Waals surface area contributed by atoms with Crippen molar-refractivity contribution in [1.82, 2.24) is 5.32 Å². The Morgan fingerprint density at radius 3 is 1.24 bits per heavy atom. The Kier molecular flexibility index (Phi) is 48.5. The summed E-state index contributed by atoms with van der Waals surface area (Å²) in [6.07, 6.45) is 59.2. The SMILES string of the molecule is CCCCCCC/C=C/C=C/C=C/CCCCCC(CC(=O)NC(CO)C(O)CCCCCCCCCCCCC)OC(=O)CCCCCCCCCCCCCCCCCC. The van der Waals surface area contributed by atoms with E-state index in [9.17, 15) is 19.8 Å². The number of ether oxygens (including phenoxy) is 1. The van der Waals surface area contributed by atoms with Gasteiger partial charge < -0.3 is 20.3 Å². The zero-order valence-electron chi connectivity index (χ0n) is 41.5. The molecule has 0 radical (unpaired) electrons. The fraction of sp³-hybridized carbons (Fsp3) is 0.857. The van der Waals surface area contributed by atoms with Crippen molar-refractivity contribution >= 4 is 11.9 Å². The van der Waals surface area contributed by atoms with Crippen molar-refractivity contribution in [3.05, 3.63) is 36.5 Å². The van der Waals surface area contributed by atoms with E-state index in [1.54, 1.807) is 0 Å². The lowest BCUT2D eigenvalue weighted by Gasteiger charge is -2.24. The van der Waals surface area contributed by atoms with Crippen molar-refractivity contribution in [3.63, 3.8) is 0 Å². The molecule has 0 aliphatic rings. The van der Waals surface area contributed by atoms with Crippen LogP contribution in [0.2, 0.25) is 0 Å². The van der Waals surface area contributed by atoms with Crippen LogP contribution in [-0.4, -0.2) is 46.9 Å². The molecule has 3 N–H and O–H groups in total. The van der Waals surface area contributed by atoms with E-state index in [2.05, 4.69) is 62.5 Å². The molecule has 0 aliphatic heterocycles. The summed E-state index contributed by atoms with van der Waals surface area (Å²) in [5, 5.41) is 23.8. The fourth-order valence-corrected chi connectivity index (χ4v) is 8.37. The minimum absolute atomic E-state index is 0.0588. The van der Waals surface area contributed by atoms with E-state index in [0.717, 1.165) is 70.6 Å². The first-order chi connectivity index (χ1) is 30.5. The molecule has 364 valence electrons. The zero-order chi connectivity index (χ0) is 45.2. The average molecular weight is 872 g/mol. The summed E-state index contributed by atoms with van der Waals surface area (Å²) in [6.45, 7) is 6.47. The number of hydrogen-bond donors (Lipinski definition) is 3. The maximum atomic E-state index is 13.2. The molecule has 3 unspecified atom stereocenters. The molecule has 0 heterocycles. The number of aliphatic hydroxyl groups is 2. The molecule has 0 aliphatic carbocycles. The van der Waals surface area contributed by atoms with Crippen LogP contribution in [0.4, 0.5) is 0 Å². The van der Waals surface area contributed by atoms with Gasteiger partial charge in [0.05, 0.1) is 25.2 Å². The molecule has 0 spiro atoms. The van der Waals surface area contributed by atoms with Crippen molar-refractivity contribution < 1.29 is 24.5 Å². The first-order valence-corrected chi connectivity index (χ1v) is 27.2. The predicted octanol–water partition coefficient (Wildman–Crippen LogP) is 16.5. The Morgan fingerprint density at radius 1 is 0.468 bits per heavy atom. The highest BCUT2D eigenvalue weighted by Crippen LogP contribution is 2.18. The number of unbranched alkanes of at least 4 members (excludes halogenated alkanes) is 33. The first-order valence-electron chi connectivity index (χ1n) is 27.2. The van der Waals surface area contributed by atoms with E-state index in [1.807, 2.05) is 0 Å². The Balaban J connectivity index is 4.62. The third-order valence-electron chi connectivity index (χ3n) is 12.5. The van der Waals surface area contributed by atoms with Gasteiger partial charge in [-0.15, -0.1) is 0 Å². The summed E-state index contributed by atoms with van der Waals surface area (Å²) >= 11 is 0. The van der Waals surface area contributed by atoms with Crippen LogP contribution in [0.3, 0.4) is 0 Å². The van der Waals surface area contributed by atoms with Gasteiger partial charge in [0.2, 0.25) is 5.91 Å². The standard InChI is InChI=1S/C56H105NO5/c1-4-7-10-13-16-19-22-24-26-28-30-33-35-38-41-44-47-52(62-56(61)49-46-43-40-37-34-31-29-27-25-23-20-17-14-11-8-5-2)50-55(60)57-53(51-58)54(59)48-45-42-39-36-32-21-18-15-12-9-6-3/h22,24,26,28,30,33,52-54,58-59H,4-21,23,25,27,29,31-32,34-51H2,1-3H3,(H,57,60)/b24-22+,28-26+,33-30+. The number of aliphatic hydroxyl groups excluding tert-OH is 2. The summed E-state index contributed by atoms with van der Waals surface area (Å²) in [4.78, 5) is 26.2. The molecule has 0 fully saturated rings. The predicted molar refractivity (Wildman–Crippen MR) is 269 cm³/mol. The van der Waals surface area contributed by atoms with E-state index in [4.69, 9.17) is 4.74 Å². The summed E-state index contributed by atoms with van der Waals surface area (Å²) in [5.74, 6) is -0.494. The van der Waals surface area contributed by atoms with E-state index in [1.165, 1.54) is 167 Å². The van der Waals surface area contributed by atoms with Crippen molar-refractivity contribution in [2.75, 3.05) is 6.61 Å². The number of allylic oxidation sites excluding steroid dienone is 6. The summed E-state index contributed by atoms with van der Waals surface area (Å²) in [5.41, 5.74) is 0. The van der Waals surface area contributed by atoms with Crippen molar-refractivity contribution in [1.29, 1.82) is 0 Å². The van der Waals surface area contributed by atoms with Crippen LogP contribution in [-0.2, 0) is 14.3 Å². The third kappa shape index (κ3) is 44.7. The molecule has 0 saturated heterocycles.